The third-order valence-corrected chi connectivity index (χ3v) is 5.83. The van der Waals surface area contributed by atoms with Crippen LogP contribution in [0, 0.1) is 0 Å². The number of carbonyl (C=O) groups excluding carboxylic acids is 1. The summed E-state index contributed by atoms with van der Waals surface area (Å²) >= 11 is 6.24. The number of Topliss-reactive ketones (excluding diaryl/α,β-unsaturated/α-hetero) is 1. The van der Waals surface area contributed by atoms with Gasteiger partial charge < -0.3 is 4.74 Å². The van der Waals surface area contributed by atoms with Crippen molar-refractivity contribution in [1.82, 2.24) is 0 Å². The average Bonchev–Trinajstić information content (AvgIpc) is 2.74. The Kier molecular flexibility index (Phi) is 5.45. The van der Waals surface area contributed by atoms with Gasteiger partial charge in [0.25, 0.3) is 0 Å². The van der Waals surface area contributed by atoms with Crippen molar-refractivity contribution in [2.75, 3.05) is 6.61 Å². The lowest BCUT2D eigenvalue weighted by Crippen LogP contribution is -2.12. The van der Waals surface area contributed by atoms with Crippen LogP contribution in [-0.4, -0.2) is 12.4 Å². The van der Waals surface area contributed by atoms with Crippen molar-refractivity contribution in [1.29, 1.82) is 0 Å². The molecule has 3 heteroatoms. The zero-order valence-electron chi connectivity index (χ0n) is 15.3. The summed E-state index contributed by atoms with van der Waals surface area (Å²) in [6.07, 6.45) is 6.51. The molecule has 0 aromatic heterocycles. The fraction of sp³-hybridized carbons (Fsp3) is 0.292. The van der Waals surface area contributed by atoms with Gasteiger partial charge in [0.05, 0.1) is 0 Å². The van der Waals surface area contributed by atoms with Crippen molar-refractivity contribution in [3.63, 3.8) is 0 Å². The first-order valence-electron chi connectivity index (χ1n) is 9.65. The molecule has 1 fully saturated rings. The minimum absolute atomic E-state index is 0.00998. The second kappa shape index (κ2) is 8.14. The molecule has 0 atom stereocenters. The molecular weight excluding hydrogens is 356 g/mol. The van der Waals surface area contributed by atoms with Crippen molar-refractivity contribution < 1.29 is 9.53 Å². The molecule has 27 heavy (non-hydrogen) atoms. The predicted octanol–water partition coefficient (Wildman–Crippen LogP) is 6.80. The average molecular weight is 379 g/mol. The fourth-order valence-electron chi connectivity index (χ4n) is 3.96. The Bertz CT molecular complexity index is 940. The van der Waals surface area contributed by atoms with Crippen molar-refractivity contribution in [3.8, 4) is 5.75 Å². The molecule has 4 rings (SSSR count). The molecule has 0 unspecified atom stereocenters. The summed E-state index contributed by atoms with van der Waals surface area (Å²) in [7, 11) is 0. The first kappa shape index (κ1) is 18.1. The lowest BCUT2D eigenvalue weighted by molar-refractivity contribution is 0.0922. The van der Waals surface area contributed by atoms with Gasteiger partial charge in [-0.3, -0.25) is 4.79 Å². The maximum absolute atomic E-state index is 12.6. The third-order valence-electron chi connectivity index (χ3n) is 5.50. The third kappa shape index (κ3) is 4.01. The smallest absolute Gasteiger partial charge is 0.200 e. The van der Waals surface area contributed by atoms with Gasteiger partial charge in [-0.1, -0.05) is 79.4 Å². The van der Waals surface area contributed by atoms with Crippen LogP contribution in [0.2, 0.25) is 5.02 Å². The van der Waals surface area contributed by atoms with E-state index < -0.39 is 0 Å². The number of halogens is 1. The van der Waals surface area contributed by atoms with E-state index in [-0.39, 0.29) is 12.4 Å². The number of rotatable bonds is 5. The van der Waals surface area contributed by atoms with Gasteiger partial charge in [0, 0.05) is 21.4 Å². The van der Waals surface area contributed by atoms with Gasteiger partial charge in [0.15, 0.2) is 12.4 Å². The largest absolute Gasteiger partial charge is 0.485 e. The van der Waals surface area contributed by atoms with Crippen LogP contribution < -0.4 is 4.74 Å². The van der Waals surface area contributed by atoms with E-state index in [9.17, 15) is 4.79 Å². The van der Waals surface area contributed by atoms with Gasteiger partial charge in [0.2, 0.25) is 0 Å². The monoisotopic (exact) mass is 378 g/mol. The Balaban J connectivity index is 1.44. The highest BCUT2D eigenvalue weighted by Crippen LogP contribution is 2.33. The molecule has 3 aromatic carbocycles. The molecule has 1 saturated carbocycles. The van der Waals surface area contributed by atoms with Gasteiger partial charge in [0.1, 0.15) is 5.75 Å². The van der Waals surface area contributed by atoms with Crippen LogP contribution in [-0.2, 0) is 0 Å². The minimum atomic E-state index is -0.00998. The standard InChI is InChI=1S/C24H23ClO2/c25-22-14-15-24(21-9-5-4-8-20(21)22)27-16-23(26)19-12-10-18(11-13-19)17-6-2-1-3-7-17/h4-5,8-15,17H,1-3,6-7,16H2. The second-order valence-electron chi connectivity index (χ2n) is 7.26. The maximum Gasteiger partial charge on any atom is 0.200 e. The van der Waals surface area contributed by atoms with E-state index in [1.807, 2.05) is 48.5 Å². The predicted molar refractivity (Wildman–Crippen MR) is 111 cm³/mol. The van der Waals surface area contributed by atoms with E-state index in [1.54, 1.807) is 0 Å². The molecular formula is C24H23ClO2. The summed E-state index contributed by atoms with van der Waals surface area (Å²) in [4.78, 5) is 12.6. The first-order valence-corrected chi connectivity index (χ1v) is 10.0. The van der Waals surface area contributed by atoms with Crippen LogP contribution >= 0.6 is 11.6 Å². The topological polar surface area (TPSA) is 26.3 Å². The first-order chi connectivity index (χ1) is 13.2. The summed E-state index contributed by atoms with van der Waals surface area (Å²) in [6, 6.07) is 19.5. The van der Waals surface area contributed by atoms with E-state index in [0.29, 0.717) is 22.3 Å². The molecule has 1 aliphatic carbocycles. The Morgan fingerprint density at radius 1 is 0.889 bits per heavy atom. The van der Waals surface area contributed by atoms with E-state index >= 15 is 0 Å². The number of hydrogen-bond donors (Lipinski definition) is 0. The fourth-order valence-corrected chi connectivity index (χ4v) is 4.19. The molecule has 0 bridgehead atoms. The molecule has 0 amide bonds. The van der Waals surface area contributed by atoms with E-state index in [4.69, 9.17) is 16.3 Å². The van der Waals surface area contributed by atoms with Crippen LogP contribution in [0.1, 0.15) is 53.9 Å². The quantitative estimate of drug-likeness (QED) is 0.456. The summed E-state index contributed by atoms with van der Waals surface area (Å²) in [5.74, 6) is 1.32. The molecule has 0 aliphatic heterocycles. The van der Waals surface area contributed by atoms with Crippen molar-refractivity contribution in [3.05, 3.63) is 76.8 Å². The molecule has 138 valence electrons. The number of ketones is 1. The highest BCUT2D eigenvalue weighted by Gasteiger charge is 2.16. The number of ether oxygens (including phenoxy) is 1. The van der Waals surface area contributed by atoms with Gasteiger partial charge in [-0.15, -0.1) is 0 Å². The summed E-state index contributed by atoms with van der Waals surface area (Å²) in [5, 5.41) is 2.54. The zero-order chi connectivity index (χ0) is 18.6. The van der Waals surface area contributed by atoms with Crippen LogP contribution in [0.5, 0.6) is 5.75 Å². The molecule has 2 nitrogen and oxygen atoms in total. The van der Waals surface area contributed by atoms with Crippen LogP contribution in [0.15, 0.2) is 60.7 Å². The molecule has 0 spiro atoms. The number of hydrogen-bond acceptors (Lipinski definition) is 2. The van der Waals surface area contributed by atoms with Gasteiger partial charge in [-0.2, -0.15) is 0 Å². The van der Waals surface area contributed by atoms with Crippen molar-refractivity contribution >= 4 is 28.2 Å². The van der Waals surface area contributed by atoms with E-state index in [0.717, 1.165) is 10.8 Å². The van der Waals surface area contributed by atoms with Crippen molar-refractivity contribution in [2.45, 2.75) is 38.0 Å². The van der Waals surface area contributed by atoms with Gasteiger partial charge in [-0.25, -0.2) is 0 Å². The SMILES string of the molecule is O=C(COc1ccc(Cl)c2ccccc12)c1ccc(C2CCCCC2)cc1. The lowest BCUT2D eigenvalue weighted by Gasteiger charge is -2.22. The van der Waals surface area contributed by atoms with Gasteiger partial charge >= 0.3 is 0 Å². The van der Waals surface area contributed by atoms with Crippen LogP contribution in [0.4, 0.5) is 0 Å². The second-order valence-corrected chi connectivity index (χ2v) is 7.67. The Hall–Kier alpha value is -2.32. The summed E-state index contributed by atoms with van der Waals surface area (Å²) < 4.78 is 5.83. The minimum Gasteiger partial charge on any atom is -0.485 e. The van der Waals surface area contributed by atoms with Crippen molar-refractivity contribution in [2.24, 2.45) is 0 Å². The number of benzene rings is 3. The normalized spacial score (nSPS) is 15.0. The maximum atomic E-state index is 12.6. The zero-order valence-corrected chi connectivity index (χ0v) is 16.0. The van der Waals surface area contributed by atoms with E-state index in [1.165, 1.54) is 37.7 Å². The number of carbonyl (C=O) groups is 1. The highest BCUT2D eigenvalue weighted by molar-refractivity contribution is 6.35. The molecule has 1 aliphatic rings. The Morgan fingerprint density at radius 2 is 1.59 bits per heavy atom. The Morgan fingerprint density at radius 3 is 2.33 bits per heavy atom. The summed E-state index contributed by atoms with van der Waals surface area (Å²) in [5.41, 5.74) is 2.06. The van der Waals surface area contributed by atoms with Gasteiger partial charge in [-0.05, 0) is 36.5 Å². The molecule has 0 heterocycles. The molecule has 0 radical (unpaired) electrons. The van der Waals surface area contributed by atoms with Crippen LogP contribution in [0.3, 0.4) is 0 Å². The number of fused-ring (bicyclic) bond motifs is 1. The van der Waals surface area contributed by atoms with Crippen LogP contribution in [0.25, 0.3) is 10.8 Å². The van der Waals surface area contributed by atoms with E-state index in [2.05, 4.69) is 12.1 Å². The molecule has 0 N–H and O–H groups in total. The Labute approximate surface area is 165 Å². The lowest BCUT2D eigenvalue weighted by atomic mass is 9.84. The molecule has 0 saturated heterocycles. The molecule has 3 aromatic rings. The highest BCUT2D eigenvalue weighted by atomic mass is 35.5. The summed E-state index contributed by atoms with van der Waals surface area (Å²) in [6.45, 7) is 0.0222.